The first-order valence-corrected chi connectivity index (χ1v) is 6.82. The molecule has 0 bridgehead atoms. The van der Waals surface area contributed by atoms with Crippen LogP contribution in [0.15, 0.2) is 52.4 Å². The lowest BCUT2D eigenvalue weighted by Crippen LogP contribution is -1.94. The minimum atomic E-state index is 0.711. The van der Waals surface area contributed by atoms with Gasteiger partial charge in [-0.05, 0) is 19.1 Å². The summed E-state index contributed by atoms with van der Waals surface area (Å²) in [4.78, 5) is 0. The van der Waals surface area contributed by atoms with Gasteiger partial charge in [0.15, 0.2) is 5.16 Å². The number of hydrogen-bond acceptors (Lipinski definition) is 5. The zero-order valence-electron chi connectivity index (χ0n) is 10.4. The molecule has 5 nitrogen and oxygen atoms in total. The Labute approximate surface area is 114 Å². The molecule has 0 amide bonds. The van der Waals surface area contributed by atoms with Crippen LogP contribution in [0, 0.1) is 6.92 Å². The van der Waals surface area contributed by atoms with E-state index in [1.165, 1.54) is 0 Å². The van der Waals surface area contributed by atoms with Crippen molar-refractivity contribution in [2.75, 3.05) is 0 Å². The quantitative estimate of drug-likeness (QED) is 0.683. The molecule has 0 atom stereocenters. The topological polar surface area (TPSA) is 56.7 Å². The minimum Gasteiger partial charge on any atom is -0.361 e. The molecule has 3 rings (SSSR count). The number of para-hydroxylation sites is 1. The van der Waals surface area contributed by atoms with Crippen LogP contribution in [-0.2, 0) is 5.75 Å². The summed E-state index contributed by atoms with van der Waals surface area (Å²) in [6, 6.07) is 11.9. The van der Waals surface area contributed by atoms with E-state index in [2.05, 4.69) is 15.4 Å². The minimum absolute atomic E-state index is 0.711. The third-order valence-corrected chi connectivity index (χ3v) is 3.55. The van der Waals surface area contributed by atoms with E-state index in [1.54, 1.807) is 18.1 Å². The van der Waals surface area contributed by atoms with E-state index in [9.17, 15) is 0 Å². The maximum absolute atomic E-state index is 5.04. The van der Waals surface area contributed by atoms with Gasteiger partial charge in [-0.3, -0.25) is 4.57 Å². The lowest BCUT2D eigenvalue weighted by Gasteiger charge is -2.04. The molecular formula is C13H12N4OS. The molecule has 0 aliphatic heterocycles. The van der Waals surface area contributed by atoms with Crippen molar-refractivity contribution in [3.63, 3.8) is 0 Å². The van der Waals surface area contributed by atoms with Gasteiger partial charge in [0.2, 0.25) is 0 Å². The molecule has 0 radical (unpaired) electrons. The molecule has 0 spiro atoms. The molecule has 0 aliphatic rings. The van der Waals surface area contributed by atoms with Gasteiger partial charge in [0.05, 0.1) is 5.69 Å². The van der Waals surface area contributed by atoms with Gasteiger partial charge < -0.3 is 4.52 Å². The second kappa shape index (κ2) is 5.27. The molecule has 6 heteroatoms. The van der Waals surface area contributed by atoms with Crippen molar-refractivity contribution in [3.05, 3.63) is 54.2 Å². The number of hydrogen-bond donors (Lipinski definition) is 0. The first-order chi connectivity index (χ1) is 9.33. The highest BCUT2D eigenvalue weighted by molar-refractivity contribution is 7.98. The Morgan fingerprint density at radius 3 is 2.84 bits per heavy atom. The van der Waals surface area contributed by atoms with E-state index < -0.39 is 0 Å². The molecule has 2 aromatic heterocycles. The van der Waals surface area contributed by atoms with Crippen LogP contribution in [0.3, 0.4) is 0 Å². The van der Waals surface area contributed by atoms with E-state index in [0.717, 1.165) is 22.3 Å². The van der Waals surface area contributed by atoms with Gasteiger partial charge in [-0.25, -0.2) is 0 Å². The highest BCUT2D eigenvalue weighted by Gasteiger charge is 2.08. The number of thioether (sulfide) groups is 1. The van der Waals surface area contributed by atoms with Crippen molar-refractivity contribution in [1.29, 1.82) is 0 Å². The zero-order chi connectivity index (χ0) is 13.1. The highest BCUT2D eigenvalue weighted by atomic mass is 32.2. The Morgan fingerprint density at radius 2 is 2.11 bits per heavy atom. The second-order valence-electron chi connectivity index (χ2n) is 4.04. The lowest BCUT2D eigenvalue weighted by atomic mass is 10.3. The summed E-state index contributed by atoms with van der Waals surface area (Å²) >= 11 is 1.58. The normalized spacial score (nSPS) is 10.8. The largest absolute Gasteiger partial charge is 0.361 e. The average molecular weight is 272 g/mol. The number of aryl methyl sites for hydroxylation is 1. The van der Waals surface area contributed by atoms with Crippen molar-refractivity contribution in [2.45, 2.75) is 17.8 Å². The molecule has 2 heterocycles. The molecule has 19 heavy (non-hydrogen) atoms. The molecular weight excluding hydrogens is 260 g/mol. The van der Waals surface area contributed by atoms with E-state index in [0.29, 0.717) is 5.75 Å². The SMILES string of the molecule is Cc1cc(CSc2nncn2-c2ccccc2)no1. The lowest BCUT2D eigenvalue weighted by molar-refractivity contribution is 0.393. The first kappa shape index (κ1) is 12.0. The van der Waals surface area contributed by atoms with Gasteiger partial charge in [0.25, 0.3) is 0 Å². The van der Waals surface area contributed by atoms with Gasteiger partial charge in [-0.15, -0.1) is 10.2 Å². The molecule has 96 valence electrons. The Hall–Kier alpha value is -2.08. The third kappa shape index (κ3) is 2.68. The van der Waals surface area contributed by atoms with Crippen LogP contribution in [-0.4, -0.2) is 19.9 Å². The summed E-state index contributed by atoms with van der Waals surface area (Å²) in [6.07, 6.45) is 1.71. The van der Waals surface area contributed by atoms with Gasteiger partial charge in [0, 0.05) is 17.5 Å². The molecule has 0 fully saturated rings. The summed E-state index contributed by atoms with van der Waals surface area (Å²) < 4.78 is 7.00. The maximum Gasteiger partial charge on any atom is 0.195 e. The van der Waals surface area contributed by atoms with Crippen LogP contribution < -0.4 is 0 Å². The van der Waals surface area contributed by atoms with E-state index in [4.69, 9.17) is 4.52 Å². The summed E-state index contributed by atoms with van der Waals surface area (Å²) in [7, 11) is 0. The number of nitrogens with zero attached hydrogens (tertiary/aromatic N) is 4. The Morgan fingerprint density at radius 1 is 1.26 bits per heavy atom. The summed E-state index contributed by atoms with van der Waals surface area (Å²) in [5.74, 6) is 1.53. The van der Waals surface area contributed by atoms with E-state index in [-0.39, 0.29) is 0 Å². The highest BCUT2D eigenvalue weighted by Crippen LogP contribution is 2.22. The van der Waals surface area contributed by atoms with E-state index >= 15 is 0 Å². The van der Waals surface area contributed by atoms with Crippen LogP contribution in [0.5, 0.6) is 0 Å². The number of aromatic nitrogens is 4. The van der Waals surface area contributed by atoms with E-state index in [1.807, 2.05) is 47.9 Å². The molecule has 0 N–H and O–H groups in total. The standard InChI is InChI=1S/C13H12N4OS/c1-10-7-11(16-18-10)8-19-13-15-14-9-17(13)12-5-3-2-4-6-12/h2-7,9H,8H2,1H3. The van der Waals surface area contributed by atoms with Crippen molar-refractivity contribution < 1.29 is 4.52 Å². The monoisotopic (exact) mass is 272 g/mol. The average Bonchev–Trinajstić information content (AvgIpc) is 3.06. The van der Waals surface area contributed by atoms with Gasteiger partial charge in [0.1, 0.15) is 12.1 Å². The van der Waals surface area contributed by atoms with Crippen LogP contribution in [0.4, 0.5) is 0 Å². The first-order valence-electron chi connectivity index (χ1n) is 5.83. The van der Waals surface area contributed by atoms with Crippen molar-refractivity contribution in [3.8, 4) is 5.69 Å². The van der Waals surface area contributed by atoms with Crippen LogP contribution in [0.2, 0.25) is 0 Å². The fourth-order valence-corrected chi connectivity index (χ4v) is 2.52. The van der Waals surface area contributed by atoms with Gasteiger partial charge >= 0.3 is 0 Å². The molecule has 0 saturated heterocycles. The molecule has 1 aromatic carbocycles. The third-order valence-electron chi connectivity index (χ3n) is 2.58. The summed E-state index contributed by atoms with van der Waals surface area (Å²) in [5.41, 5.74) is 1.96. The molecule has 3 aromatic rings. The Balaban J connectivity index is 1.77. The van der Waals surface area contributed by atoms with Crippen LogP contribution in [0.1, 0.15) is 11.5 Å². The van der Waals surface area contributed by atoms with Gasteiger partial charge in [-0.1, -0.05) is 35.1 Å². The van der Waals surface area contributed by atoms with Crippen molar-refractivity contribution in [2.24, 2.45) is 0 Å². The van der Waals surface area contributed by atoms with Gasteiger partial charge in [-0.2, -0.15) is 0 Å². The Kier molecular flexibility index (Phi) is 3.33. The van der Waals surface area contributed by atoms with Crippen molar-refractivity contribution in [1.82, 2.24) is 19.9 Å². The maximum atomic E-state index is 5.04. The van der Waals surface area contributed by atoms with Crippen LogP contribution >= 0.6 is 11.8 Å². The predicted molar refractivity (Wildman–Crippen MR) is 72.2 cm³/mol. The summed E-state index contributed by atoms with van der Waals surface area (Å²) in [6.45, 7) is 1.88. The molecule has 0 aliphatic carbocycles. The molecule has 0 saturated carbocycles. The predicted octanol–water partition coefficient (Wildman–Crippen LogP) is 2.86. The summed E-state index contributed by atoms with van der Waals surface area (Å²) in [5, 5.41) is 12.9. The fraction of sp³-hybridized carbons (Fsp3) is 0.154. The molecule has 0 unspecified atom stereocenters. The van der Waals surface area contributed by atoms with Crippen molar-refractivity contribution >= 4 is 11.8 Å². The fourth-order valence-electron chi connectivity index (χ4n) is 1.71. The zero-order valence-corrected chi connectivity index (χ0v) is 11.2. The van der Waals surface area contributed by atoms with Crippen LogP contribution in [0.25, 0.3) is 5.69 Å². The second-order valence-corrected chi connectivity index (χ2v) is 4.98. The number of rotatable bonds is 4. The number of benzene rings is 1. The Bertz CT molecular complexity index is 662. The smallest absolute Gasteiger partial charge is 0.195 e.